The number of carbonyl (C=O) groups is 2. The quantitative estimate of drug-likeness (QED) is 0.437. The number of phenols is 1. The van der Waals surface area contributed by atoms with Crippen molar-refractivity contribution in [3.05, 3.63) is 101 Å². The molecule has 0 bridgehead atoms. The van der Waals surface area contributed by atoms with Gasteiger partial charge in [-0.2, -0.15) is 5.01 Å². The Bertz CT molecular complexity index is 1340. The summed E-state index contributed by atoms with van der Waals surface area (Å²) in [6.07, 6.45) is -0.479. The lowest BCUT2D eigenvalue weighted by Gasteiger charge is -2.55. The summed E-state index contributed by atoms with van der Waals surface area (Å²) < 4.78 is 42.3. The van der Waals surface area contributed by atoms with E-state index >= 15 is 0 Å². The Morgan fingerprint density at radius 3 is 2.42 bits per heavy atom. The molecule has 210 valence electrons. The number of hydrazine groups is 1. The van der Waals surface area contributed by atoms with Crippen LogP contribution in [-0.4, -0.2) is 75.5 Å². The van der Waals surface area contributed by atoms with Crippen LogP contribution in [0.4, 0.5) is 18.0 Å². The van der Waals surface area contributed by atoms with Crippen LogP contribution in [0.3, 0.4) is 0 Å². The van der Waals surface area contributed by atoms with Gasteiger partial charge < -0.3 is 15.3 Å². The molecule has 8 nitrogen and oxygen atoms in total. The number of phenolic OH excluding ortho intramolecular Hbond substituents is 1. The highest BCUT2D eigenvalue weighted by molar-refractivity contribution is 5.83. The van der Waals surface area contributed by atoms with Gasteiger partial charge in [0.15, 0.2) is 6.80 Å². The fourth-order valence-electron chi connectivity index (χ4n) is 5.40. The first-order chi connectivity index (χ1) is 19.3. The number of hydrogen-bond acceptors (Lipinski definition) is 5. The molecule has 2 aliphatic heterocycles. The van der Waals surface area contributed by atoms with Crippen molar-refractivity contribution >= 4 is 11.9 Å². The number of nitrogens with one attached hydrogen (secondary N) is 1. The van der Waals surface area contributed by atoms with Crippen LogP contribution < -0.4 is 5.32 Å². The van der Waals surface area contributed by atoms with Gasteiger partial charge in [0.1, 0.15) is 30.1 Å². The van der Waals surface area contributed by atoms with Gasteiger partial charge in [-0.3, -0.25) is 9.69 Å². The molecule has 0 saturated carbocycles. The molecule has 2 fully saturated rings. The van der Waals surface area contributed by atoms with E-state index in [1.54, 1.807) is 29.2 Å². The molecule has 5 rings (SSSR count). The van der Waals surface area contributed by atoms with Gasteiger partial charge in [0.25, 0.3) is 0 Å². The number of nitrogens with zero attached hydrogens (tertiary/aromatic N) is 4. The van der Waals surface area contributed by atoms with Crippen molar-refractivity contribution in [1.29, 1.82) is 0 Å². The second-order valence-corrected chi connectivity index (χ2v) is 10.0. The zero-order chi connectivity index (χ0) is 28.2. The molecule has 0 unspecified atom stereocenters. The maximum absolute atomic E-state index is 14.6. The predicted octanol–water partition coefficient (Wildman–Crippen LogP) is 3.62. The highest BCUT2D eigenvalue weighted by Crippen LogP contribution is 2.29. The fourth-order valence-corrected chi connectivity index (χ4v) is 5.40. The normalized spacial score (nSPS) is 19.9. The van der Waals surface area contributed by atoms with E-state index < -0.39 is 36.7 Å². The predicted molar refractivity (Wildman–Crippen MR) is 141 cm³/mol. The molecule has 40 heavy (non-hydrogen) atoms. The van der Waals surface area contributed by atoms with Crippen LogP contribution in [0.2, 0.25) is 0 Å². The lowest BCUT2D eigenvalue weighted by Crippen LogP contribution is -2.75. The highest BCUT2D eigenvalue weighted by Gasteiger charge is 2.48. The summed E-state index contributed by atoms with van der Waals surface area (Å²) in [4.78, 5) is 30.3. The summed E-state index contributed by atoms with van der Waals surface area (Å²) in [5, 5.41) is 14.8. The number of amides is 3. The molecule has 0 spiro atoms. The summed E-state index contributed by atoms with van der Waals surface area (Å²) in [6, 6.07) is 18.2. The third-order valence-electron chi connectivity index (χ3n) is 7.25. The number of fused-ring (bicyclic) bond motifs is 1. The number of hydrogen-bond donors (Lipinski definition) is 2. The first-order valence-electron chi connectivity index (χ1n) is 13.0. The largest absolute Gasteiger partial charge is 0.508 e. The summed E-state index contributed by atoms with van der Waals surface area (Å²) >= 11 is 0. The van der Waals surface area contributed by atoms with E-state index in [4.69, 9.17) is 0 Å². The van der Waals surface area contributed by atoms with Crippen molar-refractivity contribution in [3.63, 3.8) is 0 Å². The van der Waals surface area contributed by atoms with E-state index in [9.17, 15) is 27.9 Å². The molecule has 2 aliphatic rings. The maximum atomic E-state index is 14.6. The second-order valence-electron chi connectivity index (χ2n) is 10.0. The van der Waals surface area contributed by atoms with Crippen molar-refractivity contribution in [1.82, 2.24) is 25.1 Å². The SMILES string of the molecule is O=C1CN(CF)N(C(=O)NCc2ccccc2)[C@H]2CN(Cc3ccc(F)cc3F)C[C@H](Cc3ccc(O)cc3)N12. The average Bonchev–Trinajstić information content (AvgIpc) is 2.94. The number of alkyl halides is 1. The molecule has 0 radical (unpaired) electrons. The van der Waals surface area contributed by atoms with Crippen molar-refractivity contribution in [2.45, 2.75) is 31.7 Å². The van der Waals surface area contributed by atoms with Crippen molar-refractivity contribution in [2.75, 3.05) is 26.4 Å². The topological polar surface area (TPSA) is 79.4 Å². The van der Waals surface area contributed by atoms with Crippen LogP contribution in [0.5, 0.6) is 5.75 Å². The van der Waals surface area contributed by atoms with Gasteiger partial charge in [-0.25, -0.2) is 23.0 Å². The number of halogens is 3. The lowest BCUT2D eigenvalue weighted by atomic mass is 9.99. The van der Waals surface area contributed by atoms with Crippen molar-refractivity contribution in [2.24, 2.45) is 0 Å². The lowest BCUT2D eigenvalue weighted by molar-refractivity contribution is -0.190. The van der Waals surface area contributed by atoms with Gasteiger partial charge >= 0.3 is 6.03 Å². The van der Waals surface area contributed by atoms with Crippen LogP contribution in [0.1, 0.15) is 16.7 Å². The number of aromatic hydroxyl groups is 1. The molecule has 2 heterocycles. The van der Waals surface area contributed by atoms with Gasteiger partial charge in [-0.05, 0) is 35.7 Å². The number of rotatable bonds is 7. The van der Waals surface area contributed by atoms with Gasteiger partial charge in [0.05, 0.1) is 6.04 Å². The van der Waals surface area contributed by atoms with E-state index in [0.717, 1.165) is 22.2 Å². The molecule has 3 aromatic carbocycles. The molecule has 2 N–H and O–H groups in total. The van der Waals surface area contributed by atoms with E-state index in [1.165, 1.54) is 17.1 Å². The molecule has 2 atom stereocenters. The number of carbonyl (C=O) groups excluding carboxylic acids is 2. The Balaban J connectivity index is 1.45. The third kappa shape index (κ3) is 6.05. The zero-order valence-corrected chi connectivity index (χ0v) is 21.7. The van der Waals surface area contributed by atoms with Crippen LogP contribution in [-0.2, 0) is 24.3 Å². The van der Waals surface area contributed by atoms with Crippen LogP contribution in [0, 0.1) is 11.6 Å². The Kier molecular flexibility index (Phi) is 8.22. The maximum Gasteiger partial charge on any atom is 0.334 e. The summed E-state index contributed by atoms with van der Waals surface area (Å²) in [7, 11) is 0. The smallest absolute Gasteiger partial charge is 0.334 e. The Hall–Kier alpha value is -4.09. The van der Waals surface area contributed by atoms with Gasteiger partial charge in [0.2, 0.25) is 5.91 Å². The van der Waals surface area contributed by atoms with E-state index in [1.807, 2.05) is 35.2 Å². The van der Waals surface area contributed by atoms with Crippen LogP contribution in [0.25, 0.3) is 0 Å². The minimum absolute atomic E-state index is 0.103. The first kappa shape index (κ1) is 27.5. The van der Waals surface area contributed by atoms with Crippen molar-refractivity contribution < 1.29 is 27.9 Å². The Morgan fingerprint density at radius 1 is 0.975 bits per heavy atom. The molecule has 2 saturated heterocycles. The fraction of sp³-hybridized carbons (Fsp3) is 0.310. The summed E-state index contributed by atoms with van der Waals surface area (Å²) in [6.45, 7) is -0.586. The Morgan fingerprint density at radius 2 is 1.73 bits per heavy atom. The monoisotopic (exact) mass is 553 g/mol. The molecule has 3 aromatic rings. The highest BCUT2D eigenvalue weighted by atomic mass is 19.1. The number of benzene rings is 3. The summed E-state index contributed by atoms with van der Waals surface area (Å²) in [5.74, 6) is -1.60. The second kappa shape index (κ2) is 12.0. The van der Waals surface area contributed by atoms with Crippen molar-refractivity contribution in [3.8, 4) is 5.75 Å². The van der Waals surface area contributed by atoms with E-state index in [-0.39, 0.29) is 43.4 Å². The van der Waals surface area contributed by atoms with Gasteiger partial charge in [-0.1, -0.05) is 48.5 Å². The minimum Gasteiger partial charge on any atom is -0.508 e. The van der Waals surface area contributed by atoms with Gasteiger partial charge in [-0.15, -0.1) is 0 Å². The molecule has 0 aliphatic carbocycles. The third-order valence-corrected chi connectivity index (χ3v) is 7.25. The van der Waals surface area contributed by atoms with Crippen LogP contribution in [0.15, 0.2) is 72.8 Å². The molecule has 3 amide bonds. The number of urea groups is 1. The minimum atomic E-state index is -1.05. The molecular weight excluding hydrogens is 523 g/mol. The standard InChI is InChI=1S/C29H30F3N5O3/c30-19-35-18-28(39)36-24(12-20-6-10-25(38)11-7-20)16-34(15-22-8-9-23(31)13-26(22)32)17-27(36)37(35)29(40)33-14-21-4-2-1-3-5-21/h1-11,13,24,27,38H,12,14-19H2,(H,33,40)/t24-,27-/m0/s1. The van der Waals surface area contributed by atoms with Crippen LogP contribution >= 0.6 is 0 Å². The Labute approximate surface area is 230 Å². The van der Waals surface area contributed by atoms with Gasteiger partial charge in [0, 0.05) is 37.8 Å². The number of piperazine rings is 1. The molecule has 0 aromatic heterocycles. The zero-order valence-electron chi connectivity index (χ0n) is 21.7. The summed E-state index contributed by atoms with van der Waals surface area (Å²) in [5.41, 5.74) is 1.97. The molecule has 11 heteroatoms. The van der Waals surface area contributed by atoms with E-state index in [2.05, 4.69) is 5.32 Å². The first-order valence-corrected chi connectivity index (χ1v) is 13.0. The average molecular weight is 554 g/mol. The molecular formula is C29H30F3N5O3. The van der Waals surface area contributed by atoms with E-state index in [0.29, 0.717) is 13.0 Å².